The maximum atomic E-state index is 11.9. The number of rotatable bonds is 3. The van der Waals surface area contributed by atoms with Gasteiger partial charge in [-0.05, 0) is 38.3 Å². The van der Waals surface area contributed by atoms with E-state index in [0.717, 1.165) is 24.1 Å². The standard InChI is InChI=1S/C16H19N5O/c1-9-6-7-12(10(2)8-9)18-16-20-14(19-15(17)21-16)11-4-3-5-13(11)22/h6-8,11H,3-5H2,1-2H3,(H3,17,18,19,20,21)/t11-/m1/s1. The average Bonchev–Trinajstić information content (AvgIpc) is 2.88. The molecule has 1 aromatic heterocycles. The van der Waals surface area contributed by atoms with E-state index in [0.29, 0.717) is 18.2 Å². The molecule has 3 rings (SSSR count). The molecule has 6 heteroatoms. The maximum absolute atomic E-state index is 11.9. The molecule has 1 fully saturated rings. The Morgan fingerprint density at radius 1 is 1.23 bits per heavy atom. The lowest BCUT2D eigenvalue weighted by Gasteiger charge is -2.12. The Bertz CT molecular complexity index is 728. The van der Waals surface area contributed by atoms with Gasteiger partial charge in [0.15, 0.2) is 0 Å². The fourth-order valence-corrected chi connectivity index (χ4v) is 2.78. The Kier molecular flexibility index (Phi) is 3.75. The number of nitrogen functional groups attached to an aromatic ring is 1. The summed E-state index contributed by atoms with van der Waals surface area (Å²) in [7, 11) is 0. The summed E-state index contributed by atoms with van der Waals surface area (Å²) in [5.41, 5.74) is 8.98. The average molecular weight is 297 g/mol. The number of benzene rings is 1. The number of carbonyl (C=O) groups excluding carboxylic acids is 1. The number of hydrogen-bond donors (Lipinski definition) is 2. The molecule has 0 spiro atoms. The lowest BCUT2D eigenvalue weighted by Crippen LogP contribution is -2.13. The van der Waals surface area contributed by atoms with Crippen LogP contribution in [0.3, 0.4) is 0 Å². The molecule has 114 valence electrons. The van der Waals surface area contributed by atoms with Crippen LogP contribution in [-0.2, 0) is 4.79 Å². The van der Waals surface area contributed by atoms with Crippen molar-refractivity contribution in [2.75, 3.05) is 11.1 Å². The van der Waals surface area contributed by atoms with Crippen LogP contribution < -0.4 is 11.1 Å². The first-order chi connectivity index (χ1) is 10.5. The van der Waals surface area contributed by atoms with E-state index >= 15 is 0 Å². The van der Waals surface area contributed by atoms with Crippen molar-refractivity contribution in [3.63, 3.8) is 0 Å². The largest absolute Gasteiger partial charge is 0.368 e. The van der Waals surface area contributed by atoms with Crippen LogP contribution in [0.2, 0.25) is 0 Å². The second-order valence-corrected chi connectivity index (χ2v) is 5.73. The molecule has 0 aliphatic heterocycles. The first-order valence-electron chi connectivity index (χ1n) is 7.41. The summed E-state index contributed by atoms with van der Waals surface area (Å²) in [5.74, 6) is 0.932. The number of Topliss-reactive ketones (excluding diaryl/α,β-unsaturated/α-hetero) is 1. The van der Waals surface area contributed by atoms with Crippen LogP contribution in [0.4, 0.5) is 17.6 Å². The Hall–Kier alpha value is -2.50. The summed E-state index contributed by atoms with van der Waals surface area (Å²) in [6.07, 6.45) is 2.26. The van der Waals surface area contributed by atoms with E-state index < -0.39 is 0 Å². The molecule has 1 saturated carbocycles. The monoisotopic (exact) mass is 297 g/mol. The highest BCUT2D eigenvalue weighted by molar-refractivity contribution is 5.86. The molecule has 0 bridgehead atoms. The summed E-state index contributed by atoms with van der Waals surface area (Å²) >= 11 is 0. The van der Waals surface area contributed by atoms with E-state index in [1.165, 1.54) is 5.56 Å². The molecule has 1 aromatic carbocycles. The minimum atomic E-state index is -0.245. The number of anilines is 3. The van der Waals surface area contributed by atoms with Crippen molar-refractivity contribution in [1.29, 1.82) is 0 Å². The van der Waals surface area contributed by atoms with E-state index in [-0.39, 0.29) is 17.6 Å². The van der Waals surface area contributed by atoms with Crippen molar-refractivity contribution >= 4 is 23.4 Å². The first-order valence-corrected chi connectivity index (χ1v) is 7.41. The van der Waals surface area contributed by atoms with E-state index in [9.17, 15) is 4.79 Å². The van der Waals surface area contributed by atoms with Gasteiger partial charge >= 0.3 is 0 Å². The minimum absolute atomic E-state index is 0.136. The van der Waals surface area contributed by atoms with Gasteiger partial charge in [0.05, 0.1) is 5.92 Å². The Morgan fingerprint density at radius 2 is 2.05 bits per heavy atom. The molecule has 22 heavy (non-hydrogen) atoms. The zero-order chi connectivity index (χ0) is 15.7. The molecular formula is C16H19N5O. The number of nitrogens with two attached hydrogens (primary N) is 1. The van der Waals surface area contributed by atoms with Gasteiger partial charge in [-0.15, -0.1) is 0 Å². The third-order valence-electron chi connectivity index (χ3n) is 3.91. The van der Waals surface area contributed by atoms with Crippen LogP contribution in [-0.4, -0.2) is 20.7 Å². The summed E-state index contributed by atoms with van der Waals surface area (Å²) in [6, 6.07) is 6.07. The molecule has 1 aliphatic rings. The van der Waals surface area contributed by atoms with Crippen molar-refractivity contribution in [3.05, 3.63) is 35.2 Å². The van der Waals surface area contributed by atoms with Crippen LogP contribution in [0.1, 0.15) is 42.1 Å². The number of aromatic nitrogens is 3. The van der Waals surface area contributed by atoms with Gasteiger partial charge in [-0.3, -0.25) is 4.79 Å². The van der Waals surface area contributed by atoms with Crippen LogP contribution in [0, 0.1) is 13.8 Å². The third-order valence-corrected chi connectivity index (χ3v) is 3.91. The van der Waals surface area contributed by atoms with Gasteiger partial charge in [0.2, 0.25) is 11.9 Å². The Balaban J connectivity index is 1.90. The van der Waals surface area contributed by atoms with Crippen molar-refractivity contribution in [3.8, 4) is 0 Å². The van der Waals surface area contributed by atoms with Crippen LogP contribution >= 0.6 is 0 Å². The topological polar surface area (TPSA) is 93.8 Å². The molecule has 1 aliphatic carbocycles. The van der Waals surface area contributed by atoms with E-state index in [2.05, 4.69) is 26.3 Å². The van der Waals surface area contributed by atoms with Crippen molar-refractivity contribution < 1.29 is 4.79 Å². The number of ketones is 1. The minimum Gasteiger partial charge on any atom is -0.368 e. The molecular weight excluding hydrogens is 278 g/mol. The number of hydrogen-bond acceptors (Lipinski definition) is 6. The van der Waals surface area contributed by atoms with Crippen LogP contribution in [0.25, 0.3) is 0 Å². The summed E-state index contributed by atoms with van der Waals surface area (Å²) in [6.45, 7) is 4.06. The molecule has 3 N–H and O–H groups in total. The van der Waals surface area contributed by atoms with Gasteiger partial charge in [0.1, 0.15) is 11.6 Å². The second-order valence-electron chi connectivity index (χ2n) is 5.73. The van der Waals surface area contributed by atoms with Crippen molar-refractivity contribution in [2.45, 2.75) is 39.0 Å². The highest BCUT2D eigenvalue weighted by Gasteiger charge is 2.29. The molecule has 0 amide bonds. The third kappa shape index (κ3) is 2.90. The molecule has 1 heterocycles. The van der Waals surface area contributed by atoms with Gasteiger partial charge in [-0.2, -0.15) is 15.0 Å². The molecule has 0 unspecified atom stereocenters. The van der Waals surface area contributed by atoms with E-state index in [1.807, 2.05) is 26.0 Å². The van der Waals surface area contributed by atoms with Gasteiger partial charge in [-0.25, -0.2) is 0 Å². The summed E-state index contributed by atoms with van der Waals surface area (Å²) in [5, 5.41) is 3.17. The molecule has 0 saturated heterocycles. The predicted molar refractivity (Wildman–Crippen MR) is 85.0 cm³/mol. The quantitative estimate of drug-likeness (QED) is 0.904. The van der Waals surface area contributed by atoms with E-state index in [1.54, 1.807) is 0 Å². The maximum Gasteiger partial charge on any atom is 0.232 e. The normalized spacial score (nSPS) is 17.7. The first kappa shape index (κ1) is 14.4. The smallest absolute Gasteiger partial charge is 0.232 e. The predicted octanol–water partition coefficient (Wildman–Crippen LogP) is 2.65. The van der Waals surface area contributed by atoms with Gasteiger partial charge < -0.3 is 11.1 Å². The summed E-state index contributed by atoms with van der Waals surface area (Å²) in [4.78, 5) is 24.5. The molecule has 2 aromatic rings. The fourth-order valence-electron chi connectivity index (χ4n) is 2.78. The van der Waals surface area contributed by atoms with Gasteiger partial charge in [-0.1, -0.05) is 17.7 Å². The lowest BCUT2D eigenvalue weighted by molar-refractivity contribution is -0.118. The number of aryl methyl sites for hydroxylation is 2. The van der Waals surface area contributed by atoms with Crippen molar-refractivity contribution in [2.24, 2.45) is 0 Å². The zero-order valence-corrected chi connectivity index (χ0v) is 12.8. The lowest BCUT2D eigenvalue weighted by atomic mass is 10.1. The van der Waals surface area contributed by atoms with Crippen LogP contribution in [0.5, 0.6) is 0 Å². The Labute approximate surface area is 129 Å². The van der Waals surface area contributed by atoms with Gasteiger partial charge in [0.25, 0.3) is 0 Å². The number of carbonyl (C=O) groups is 1. The molecule has 0 radical (unpaired) electrons. The van der Waals surface area contributed by atoms with Gasteiger partial charge in [0, 0.05) is 12.1 Å². The zero-order valence-electron chi connectivity index (χ0n) is 12.8. The van der Waals surface area contributed by atoms with Crippen LogP contribution in [0.15, 0.2) is 18.2 Å². The SMILES string of the molecule is Cc1ccc(Nc2nc(N)nc([C@@H]3CCCC3=O)n2)c(C)c1. The highest BCUT2D eigenvalue weighted by atomic mass is 16.1. The summed E-state index contributed by atoms with van der Waals surface area (Å²) < 4.78 is 0. The highest BCUT2D eigenvalue weighted by Crippen LogP contribution is 2.30. The number of nitrogens with zero attached hydrogens (tertiary/aromatic N) is 3. The van der Waals surface area contributed by atoms with Crippen molar-refractivity contribution in [1.82, 2.24) is 15.0 Å². The van der Waals surface area contributed by atoms with E-state index in [4.69, 9.17) is 5.73 Å². The Morgan fingerprint density at radius 3 is 2.73 bits per heavy atom. The molecule has 6 nitrogen and oxygen atoms in total. The second kappa shape index (κ2) is 5.71. The fraction of sp³-hybridized carbons (Fsp3) is 0.375. The number of nitrogens with one attached hydrogen (secondary N) is 1. The molecule has 1 atom stereocenters.